The zero-order valence-electron chi connectivity index (χ0n) is 12.2. The first kappa shape index (κ1) is 13.4. The van der Waals surface area contributed by atoms with Crippen LogP contribution < -0.4 is 10.1 Å². The zero-order valence-corrected chi connectivity index (χ0v) is 12.2. The number of methoxy groups -OCH3 is 1. The molecule has 1 aliphatic carbocycles. The van der Waals surface area contributed by atoms with Crippen LogP contribution in [0.15, 0.2) is 24.3 Å². The standard InChI is InChI=1S/C16H22N2O2/c1-3-18-14(12-8-4-5-9-13(12)20-2)17-16(15(18)19)10-6-7-11-16/h4-5,8-9,14,17H,3,6-7,10-11H2,1-2H3. The van der Waals surface area contributed by atoms with Gasteiger partial charge in [0.05, 0.1) is 12.6 Å². The van der Waals surface area contributed by atoms with Crippen molar-refractivity contribution in [1.82, 2.24) is 10.2 Å². The minimum Gasteiger partial charge on any atom is -0.496 e. The number of nitrogens with one attached hydrogen (secondary N) is 1. The molecule has 0 aromatic heterocycles. The van der Waals surface area contributed by atoms with Gasteiger partial charge in [0.2, 0.25) is 5.91 Å². The van der Waals surface area contributed by atoms with E-state index < -0.39 is 0 Å². The average Bonchev–Trinajstić information content (AvgIpc) is 3.06. The van der Waals surface area contributed by atoms with Crippen LogP contribution in [-0.2, 0) is 4.79 Å². The van der Waals surface area contributed by atoms with Crippen LogP contribution in [0.4, 0.5) is 0 Å². The van der Waals surface area contributed by atoms with Crippen molar-refractivity contribution in [3.63, 3.8) is 0 Å². The minimum atomic E-state index is -0.332. The summed E-state index contributed by atoms with van der Waals surface area (Å²) in [5.41, 5.74) is 0.718. The van der Waals surface area contributed by atoms with Gasteiger partial charge >= 0.3 is 0 Å². The largest absolute Gasteiger partial charge is 0.496 e. The smallest absolute Gasteiger partial charge is 0.244 e. The first-order valence-electron chi connectivity index (χ1n) is 7.43. The van der Waals surface area contributed by atoms with E-state index in [0.717, 1.165) is 43.5 Å². The number of carbonyl (C=O) groups is 1. The number of amides is 1. The molecule has 108 valence electrons. The second-order valence-corrected chi connectivity index (χ2v) is 5.67. The summed E-state index contributed by atoms with van der Waals surface area (Å²) in [5.74, 6) is 1.10. The fraction of sp³-hybridized carbons (Fsp3) is 0.562. The van der Waals surface area contributed by atoms with Gasteiger partial charge < -0.3 is 9.64 Å². The molecule has 1 atom stereocenters. The monoisotopic (exact) mass is 274 g/mol. The van der Waals surface area contributed by atoms with Crippen LogP contribution in [-0.4, -0.2) is 30.0 Å². The van der Waals surface area contributed by atoms with Crippen molar-refractivity contribution in [3.8, 4) is 5.75 Å². The molecule has 1 aromatic carbocycles. The summed E-state index contributed by atoms with van der Waals surface area (Å²) in [4.78, 5) is 14.7. The zero-order chi connectivity index (χ0) is 14.2. The number of hydrogen-bond donors (Lipinski definition) is 1. The molecule has 0 radical (unpaired) electrons. The van der Waals surface area contributed by atoms with Gasteiger partial charge in [0, 0.05) is 12.1 Å². The molecule has 1 saturated carbocycles. The van der Waals surface area contributed by atoms with E-state index in [9.17, 15) is 4.79 Å². The Kier molecular flexibility index (Phi) is 3.42. The quantitative estimate of drug-likeness (QED) is 0.920. The molecule has 1 N–H and O–H groups in total. The number of para-hydroxylation sites is 1. The molecule has 1 aliphatic heterocycles. The van der Waals surface area contributed by atoms with E-state index in [1.807, 2.05) is 36.1 Å². The maximum absolute atomic E-state index is 12.8. The predicted octanol–water partition coefficient (Wildman–Crippen LogP) is 2.46. The molecule has 2 aliphatic rings. The van der Waals surface area contributed by atoms with Crippen LogP contribution in [0, 0.1) is 0 Å². The van der Waals surface area contributed by atoms with Crippen LogP contribution in [0.3, 0.4) is 0 Å². The van der Waals surface area contributed by atoms with Gasteiger partial charge in [-0.15, -0.1) is 0 Å². The summed E-state index contributed by atoms with van der Waals surface area (Å²) in [5, 5.41) is 3.60. The Hall–Kier alpha value is -1.55. The van der Waals surface area contributed by atoms with E-state index in [0.29, 0.717) is 0 Å². The highest BCUT2D eigenvalue weighted by Gasteiger charge is 2.52. The summed E-state index contributed by atoms with van der Waals surface area (Å²) in [6.45, 7) is 2.76. The van der Waals surface area contributed by atoms with Crippen LogP contribution in [0.5, 0.6) is 5.75 Å². The highest BCUT2D eigenvalue weighted by atomic mass is 16.5. The number of likely N-dealkylation sites (N-methyl/N-ethyl adjacent to an activating group) is 1. The summed E-state index contributed by atoms with van der Waals surface area (Å²) in [6.07, 6.45) is 4.10. The predicted molar refractivity (Wildman–Crippen MR) is 77.5 cm³/mol. The van der Waals surface area contributed by atoms with Gasteiger partial charge in [0.1, 0.15) is 11.9 Å². The van der Waals surface area contributed by atoms with Crippen LogP contribution in [0.2, 0.25) is 0 Å². The molecule has 1 aromatic rings. The van der Waals surface area contributed by atoms with E-state index in [4.69, 9.17) is 4.74 Å². The Morgan fingerprint density at radius 2 is 2.05 bits per heavy atom. The number of rotatable bonds is 3. The molecule has 4 heteroatoms. The van der Waals surface area contributed by atoms with Gasteiger partial charge in [-0.1, -0.05) is 31.0 Å². The van der Waals surface area contributed by atoms with Crippen molar-refractivity contribution >= 4 is 5.91 Å². The minimum absolute atomic E-state index is 0.0678. The molecule has 1 amide bonds. The Morgan fingerprint density at radius 1 is 1.35 bits per heavy atom. The lowest BCUT2D eigenvalue weighted by Crippen LogP contribution is -2.44. The van der Waals surface area contributed by atoms with Crippen molar-refractivity contribution in [1.29, 1.82) is 0 Å². The normalized spacial score (nSPS) is 24.6. The Morgan fingerprint density at radius 3 is 2.70 bits per heavy atom. The van der Waals surface area contributed by atoms with E-state index in [-0.39, 0.29) is 17.6 Å². The van der Waals surface area contributed by atoms with Crippen molar-refractivity contribution in [3.05, 3.63) is 29.8 Å². The molecule has 4 nitrogen and oxygen atoms in total. The molecule has 1 spiro atoms. The lowest BCUT2D eigenvalue weighted by atomic mass is 9.98. The van der Waals surface area contributed by atoms with E-state index >= 15 is 0 Å². The van der Waals surface area contributed by atoms with Crippen molar-refractivity contribution in [2.24, 2.45) is 0 Å². The fourth-order valence-corrected chi connectivity index (χ4v) is 3.59. The van der Waals surface area contributed by atoms with Crippen LogP contribution in [0.1, 0.15) is 44.3 Å². The number of hydrogen-bond acceptors (Lipinski definition) is 3. The second-order valence-electron chi connectivity index (χ2n) is 5.67. The number of ether oxygens (including phenoxy) is 1. The van der Waals surface area contributed by atoms with Gasteiger partial charge in [-0.25, -0.2) is 0 Å². The summed E-state index contributed by atoms with van der Waals surface area (Å²) in [7, 11) is 1.68. The first-order chi connectivity index (χ1) is 9.72. The highest BCUT2D eigenvalue weighted by molar-refractivity contribution is 5.89. The third kappa shape index (κ3) is 1.90. The maximum Gasteiger partial charge on any atom is 0.244 e. The molecule has 3 rings (SSSR count). The Balaban J connectivity index is 1.98. The molecule has 2 fully saturated rings. The van der Waals surface area contributed by atoms with E-state index in [2.05, 4.69) is 5.32 Å². The molecular formula is C16H22N2O2. The third-order valence-electron chi connectivity index (χ3n) is 4.63. The van der Waals surface area contributed by atoms with Crippen molar-refractivity contribution in [2.45, 2.75) is 44.3 Å². The first-order valence-corrected chi connectivity index (χ1v) is 7.43. The van der Waals surface area contributed by atoms with Crippen molar-refractivity contribution in [2.75, 3.05) is 13.7 Å². The van der Waals surface area contributed by atoms with Crippen LogP contribution in [0.25, 0.3) is 0 Å². The molecule has 20 heavy (non-hydrogen) atoms. The molecule has 1 heterocycles. The molecule has 0 bridgehead atoms. The summed E-state index contributed by atoms with van der Waals surface area (Å²) in [6, 6.07) is 7.95. The number of carbonyl (C=O) groups excluding carboxylic acids is 1. The van der Waals surface area contributed by atoms with Gasteiger partial charge in [0.15, 0.2) is 0 Å². The Labute approximate surface area is 120 Å². The number of benzene rings is 1. The molecule has 1 unspecified atom stereocenters. The van der Waals surface area contributed by atoms with Gasteiger partial charge in [-0.3, -0.25) is 10.1 Å². The topological polar surface area (TPSA) is 41.6 Å². The SMILES string of the molecule is CCN1C(=O)C2(CCCC2)NC1c1ccccc1OC. The van der Waals surface area contributed by atoms with Gasteiger partial charge in [0.25, 0.3) is 0 Å². The second kappa shape index (κ2) is 5.09. The lowest BCUT2D eigenvalue weighted by molar-refractivity contribution is -0.133. The van der Waals surface area contributed by atoms with Crippen LogP contribution >= 0.6 is 0 Å². The van der Waals surface area contributed by atoms with Gasteiger partial charge in [-0.05, 0) is 25.8 Å². The van der Waals surface area contributed by atoms with E-state index in [1.54, 1.807) is 7.11 Å². The summed E-state index contributed by atoms with van der Waals surface area (Å²) >= 11 is 0. The highest BCUT2D eigenvalue weighted by Crippen LogP contribution is 2.42. The summed E-state index contributed by atoms with van der Waals surface area (Å²) < 4.78 is 5.46. The maximum atomic E-state index is 12.8. The Bertz CT molecular complexity index is 509. The molecule has 1 saturated heterocycles. The fourth-order valence-electron chi connectivity index (χ4n) is 3.59. The van der Waals surface area contributed by atoms with E-state index in [1.165, 1.54) is 0 Å². The number of nitrogens with zero attached hydrogens (tertiary/aromatic N) is 1. The van der Waals surface area contributed by atoms with Gasteiger partial charge in [-0.2, -0.15) is 0 Å². The van der Waals surface area contributed by atoms with Crippen molar-refractivity contribution < 1.29 is 9.53 Å². The lowest BCUT2D eigenvalue weighted by Gasteiger charge is -2.24. The third-order valence-corrected chi connectivity index (χ3v) is 4.63. The average molecular weight is 274 g/mol. The molecular weight excluding hydrogens is 252 g/mol.